The third-order valence-electron chi connectivity index (χ3n) is 2.52. The van der Waals surface area contributed by atoms with Crippen molar-refractivity contribution in [3.05, 3.63) is 52.5 Å². The first-order valence-electron chi connectivity index (χ1n) is 5.90. The largest absolute Gasteiger partial charge is 0.573 e. The van der Waals surface area contributed by atoms with Gasteiger partial charge in [0.25, 0.3) is 10.0 Å². The molecule has 0 amide bonds. The number of benzene rings is 2. The SMILES string of the molecule is O=S(=O)(Nc1cccc(OC(F)(F)F)c1)c1ccc(Cl)c(Cl)c1. The van der Waals surface area contributed by atoms with Gasteiger partial charge in [-0.25, -0.2) is 8.42 Å². The Kier molecular flexibility index (Phi) is 4.98. The number of ether oxygens (including phenoxy) is 1. The van der Waals surface area contributed by atoms with E-state index in [0.717, 1.165) is 18.2 Å². The Labute approximate surface area is 139 Å². The van der Waals surface area contributed by atoms with E-state index in [1.807, 2.05) is 0 Å². The Balaban J connectivity index is 2.27. The molecule has 23 heavy (non-hydrogen) atoms. The lowest BCUT2D eigenvalue weighted by Gasteiger charge is -2.12. The van der Waals surface area contributed by atoms with E-state index in [1.54, 1.807) is 0 Å². The van der Waals surface area contributed by atoms with Gasteiger partial charge in [-0.15, -0.1) is 13.2 Å². The van der Waals surface area contributed by atoms with E-state index < -0.39 is 22.1 Å². The van der Waals surface area contributed by atoms with Crippen LogP contribution in [0.25, 0.3) is 0 Å². The van der Waals surface area contributed by atoms with E-state index in [9.17, 15) is 21.6 Å². The minimum Gasteiger partial charge on any atom is -0.406 e. The van der Waals surface area contributed by atoms with E-state index in [4.69, 9.17) is 23.2 Å². The second-order valence-electron chi connectivity index (χ2n) is 4.26. The first kappa shape index (κ1) is 17.7. The summed E-state index contributed by atoms with van der Waals surface area (Å²) in [6.45, 7) is 0. The summed E-state index contributed by atoms with van der Waals surface area (Å²) in [4.78, 5) is -0.186. The summed E-state index contributed by atoms with van der Waals surface area (Å²) in [5.41, 5.74) is -0.0992. The van der Waals surface area contributed by atoms with Gasteiger partial charge in [0.1, 0.15) is 5.75 Å². The van der Waals surface area contributed by atoms with E-state index >= 15 is 0 Å². The van der Waals surface area contributed by atoms with Crippen LogP contribution in [0.3, 0.4) is 0 Å². The van der Waals surface area contributed by atoms with E-state index in [-0.39, 0.29) is 20.6 Å². The van der Waals surface area contributed by atoms with Crippen molar-refractivity contribution in [1.82, 2.24) is 0 Å². The molecule has 1 N–H and O–H groups in total. The molecule has 0 atom stereocenters. The Morgan fingerprint density at radius 2 is 1.70 bits per heavy atom. The van der Waals surface area contributed by atoms with Crippen LogP contribution in [0.2, 0.25) is 10.0 Å². The fourth-order valence-corrected chi connectivity index (χ4v) is 3.05. The summed E-state index contributed by atoms with van der Waals surface area (Å²) in [5, 5.41) is 0.204. The molecule has 0 aliphatic heterocycles. The molecule has 2 rings (SSSR count). The average molecular weight is 386 g/mol. The molecule has 0 unspecified atom stereocenters. The lowest BCUT2D eigenvalue weighted by molar-refractivity contribution is -0.274. The van der Waals surface area contributed by atoms with Crippen LogP contribution in [0.1, 0.15) is 0 Å². The minimum atomic E-state index is -4.87. The van der Waals surface area contributed by atoms with Crippen LogP contribution in [-0.2, 0) is 10.0 Å². The summed E-state index contributed by atoms with van der Waals surface area (Å²) in [6, 6.07) is 8.08. The fourth-order valence-electron chi connectivity index (χ4n) is 1.61. The molecule has 0 aliphatic rings. The maximum absolute atomic E-state index is 12.2. The number of hydrogen-bond acceptors (Lipinski definition) is 3. The van der Waals surface area contributed by atoms with Gasteiger partial charge in [0.05, 0.1) is 20.6 Å². The van der Waals surface area contributed by atoms with Gasteiger partial charge < -0.3 is 4.74 Å². The van der Waals surface area contributed by atoms with Gasteiger partial charge in [-0.3, -0.25) is 4.72 Å². The third kappa shape index (κ3) is 4.92. The van der Waals surface area contributed by atoms with Crippen molar-refractivity contribution in [1.29, 1.82) is 0 Å². The zero-order chi connectivity index (χ0) is 17.3. The maximum atomic E-state index is 12.2. The number of sulfonamides is 1. The minimum absolute atomic E-state index is 0.0312. The molecule has 124 valence electrons. The van der Waals surface area contributed by atoms with Gasteiger partial charge in [-0.2, -0.15) is 0 Å². The molecule has 2 aromatic carbocycles. The fraction of sp³-hybridized carbons (Fsp3) is 0.0769. The lowest BCUT2D eigenvalue weighted by atomic mass is 10.3. The summed E-state index contributed by atoms with van der Waals surface area (Å²) in [6.07, 6.45) is -4.87. The predicted octanol–water partition coefficient (Wildman–Crippen LogP) is 4.69. The number of nitrogens with one attached hydrogen (secondary N) is 1. The van der Waals surface area contributed by atoms with Gasteiger partial charge in [-0.05, 0) is 30.3 Å². The third-order valence-corrected chi connectivity index (χ3v) is 4.64. The Hall–Kier alpha value is -1.64. The van der Waals surface area contributed by atoms with Crippen molar-refractivity contribution >= 4 is 38.9 Å². The van der Waals surface area contributed by atoms with Gasteiger partial charge in [0, 0.05) is 6.07 Å². The molecular weight excluding hydrogens is 378 g/mol. The molecule has 0 aromatic heterocycles. The standard InChI is InChI=1S/C13H8Cl2F3NO3S/c14-11-5-4-10(7-12(11)15)23(20,21)19-8-2-1-3-9(6-8)22-13(16,17)18/h1-7,19H. The van der Waals surface area contributed by atoms with E-state index in [0.29, 0.717) is 0 Å². The van der Waals surface area contributed by atoms with Crippen LogP contribution in [-0.4, -0.2) is 14.8 Å². The van der Waals surface area contributed by atoms with Gasteiger partial charge in [0.15, 0.2) is 0 Å². The summed E-state index contributed by atoms with van der Waals surface area (Å²) in [7, 11) is -4.04. The van der Waals surface area contributed by atoms with E-state index in [2.05, 4.69) is 9.46 Å². The van der Waals surface area contributed by atoms with Gasteiger partial charge in [-0.1, -0.05) is 29.3 Å². The van der Waals surface area contributed by atoms with Crippen LogP contribution in [0.15, 0.2) is 47.4 Å². The summed E-state index contributed by atoms with van der Waals surface area (Å²) >= 11 is 11.5. The molecule has 0 fully saturated rings. The highest BCUT2D eigenvalue weighted by molar-refractivity contribution is 7.92. The van der Waals surface area contributed by atoms with E-state index in [1.165, 1.54) is 24.3 Å². The number of anilines is 1. The van der Waals surface area contributed by atoms with Gasteiger partial charge in [0.2, 0.25) is 0 Å². The molecule has 0 radical (unpaired) electrons. The number of halogens is 5. The van der Waals surface area contributed by atoms with Crippen molar-refractivity contribution in [3.63, 3.8) is 0 Å². The molecule has 0 saturated carbocycles. The first-order valence-corrected chi connectivity index (χ1v) is 8.14. The van der Waals surface area contributed by atoms with Crippen molar-refractivity contribution in [2.45, 2.75) is 11.3 Å². The second-order valence-corrected chi connectivity index (χ2v) is 6.75. The smallest absolute Gasteiger partial charge is 0.406 e. The first-order chi connectivity index (χ1) is 10.6. The van der Waals surface area contributed by atoms with Crippen LogP contribution < -0.4 is 9.46 Å². The zero-order valence-corrected chi connectivity index (χ0v) is 13.4. The quantitative estimate of drug-likeness (QED) is 0.830. The van der Waals surface area contributed by atoms with Crippen LogP contribution in [0.4, 0.5) is 18.9 Å². The number of hydrogen-bond donors (Lipinski definition) is 1. The molecule has 10 heteroatoms. The molecule has 0 heterocycles. The van der Waals surface area contributed by atoms with Crippen molar-refractivity contribution in [2.24, 2.45) is 0 Å². The highest BCUT2D eigenvalue weighted by Crippen LogP contribution is 2.28. The van der Waals surface area contributed by atoms with Crippen LogP contribution in [0.5, 0.6) is 5.75 Å². The Morgan fingerprint density at radius 3 is 2.30 bits per heavy atom. The molecule has 2 aromatic rings. The molecule has 0 spiro atoms. The Morgan fingerprint density at radius 1 is 1.00 bits per heavy atom. The predicted molar refractivity (Wildman–Crippen MR) is 80.4 cm³/mol. The van der Waals surface area contributed by atoms with Crippen LogP contribution in [0, 0.1) is 0 Å². The van der Waals surface area contributed by atoms with Crippen molar-refractivity contribution in [2.75, 3.05) is 4.72 Å². The zero-order valence-electron chi connectivity index (χ0n) is 11.1. The molecular formula is C13H8Cl2F3NO3S. The van der Waals surface area contributed by atoms with Crippen molar-refractivity contribution < 1.29 is 26.3 Å². The molecule has 0 aliphatic carbocycles. The number of rotatable bonds is 4. The van der Waals surface area contributed by atoms with Crippen LogP contribution >= 0.6 is 23.2 Å². The molecule has 4 nitrogen and oxygen atoms in total. The molecule has 0 saturated heterocycles. The summed E-state index contributed by atoms with van der Waals surface area (Å²) in [5.74, 6) is -0.549. The number of alkyl halides is 3. The maximum Gasteiger partial charge on any atom is 0.573 e. The average Bonchev–Trinajstić information content (AvgIpc) is 2.39. The highest BCUT2D eigenvalue weighted by atomic mass is 35.5. The lowest BCUT2D eigenvalue weighted by Crippen LogP contribution is -2.17. The molecule has 0 bridgehead atoms. The highest BCUT2D eigenvalue weighted by Gasteiger charge is 2.31. The summed E-state index contributed by atoms with van der Waals surface area (Å²) < 4.78 is 66.7. The monoisotopic (exact) mass is 385 g/mol. The van der Waals surface area contributed by atoms with Gasteiger partial charge >= 0.3 is 6.36 Å². The normalized spacial score (nSPS) is 12.0. The van der Waals surface area contributed by atoms with Crippen molar-refractivity contribution in [3.8, 4) is 5.75 Å². The second kappa shape index (κ2) is 6.46. The Bertz CT molecular complexity index is 825. The topological polar surface area (TPSA) is 55.4 Å².